The molecule has 0 spiro atoms. The summed E-state index contributed by atoms with van der Waals surface area (Å²) in [6.07, 6.45) is 1.27. The molecule has 164 valence electrons. The maximum atomic E-state index is 13.4. The summed E-state index contributed by atoms with van der Waals surface area (Å²) in [5.74, 6) is 0.387. The first-order valence-corrected chi connectivity index (χ1v) is 12.2. The summed E-state index contributed by atoms with van der Waals surface area (Å²) in [5.41, 5.74) is 2.77. The van der Waals surface area contributed by atoms with Crippen LogP contribution in [0.15, 0.2) is 71.6 Å². The molecule has 3 aromatic rings. The standard InChI is InChI=1S/C24H21ClN2O4S/c25-19-10-9-17(24(28)26-20-12-14-31-22-8-4-2-6-18(20)22)15-23(19)32(29,30)27-13-11-16-5-1-3-7-21(16)27/h1-10,15,20H,11-14H2,(H,26,28). The molecule has 1 atom stereocenters. The van der Waals surface area contributed by atoms with E-state index in [2.05, 4.69) is 5.32 Å². The first kappa shape index (κ1) is 20.8. The summed E-state index contributed by atoms with van der Waals surface area (Å²) in [6.45, 7) is 0.837. The van der Waals surface area contributed by atoms with Gasteiger partial charge in [0.2, 0.25) is 0 Å². The topological polar surface area (TPSA) is 75.7 Å². The second-order valence-corrected chi connectivity index (χ2v) is 10.0. The second-order valence-electron chi connectivity index (χ2n) is 7.80. The van der Waals surface area contributed by atoms with Gasteiger partial charge in [0.05, 0.1) is 23.4 Å². The molecule has 1 N–H and O–H groups in total. The van der Waals surface area contributed by atoms with E-state index in [4.69, 9.17) is 16.3 Å². The Hall–Kier alpha value is -3.03. The highest BCUT2D eigenvalue weighted by Crippen LogP contribution is 2.36. The highest BCUT2D eigenvalue weighted by atomic mass is 35.5. The van der Waals surface area contributed by atoms with Gasteiger partial charge in [-0.25, -0.2) is 8.42 Å². The number of hydrogen-bond acceptors (Lipinski definition) is 4. The van der Waals surface area contributed by atoms with Crippen LogP contribution in [0.25, 0.3) is 0 Å². The molecule has 6 nitrogen and oxygen atoms in total. The van der Waals surface area contributed by atoms with Crippen molar-refractivity contribution >= 4 is 33.2 Å². The van der Waals surface area contributed by atoms with Crippen LogP contribution in [0.2, 0.25) is 5.02 Å². The zero-order valence-electron chi connectivity index (χ0n) is 17.1. The SMILES string of the molecule is O=C(NC1CCOc2ccccc21)c1ccc(Cl)c(S(=O)(=O)N2CCc3ccccc32)c1. The van der Waals surface area contributed by atoms with E-state index in [0.717, 1.165) is 16.9 Å². The van der Waals surface area contributed by atoms with Gasteiger partial charge in [0.15, 0.2) is 0 Å². The van der Waals surface area contributed by atoms with Gasteiger partial charge < -0.3 is 10.1 Å². The molecule has 5 rings (SSSR count). The van der Waals surface area contributed by atoms with E-state index in [1.54, 1.807) is 12.1 Å². The average molecular weight is 469 g/mol. The molecular formula is C24H21ClN2O4S. The fourth-order valence-corrected chi connectivity index (χ4v) is 6.26. The first-order valence-electron chi connectivity index (χ1n) is 10.4. The number of amides is 1. The van der Waals surface area contributed by atoms with Crippen LogP contribution in [-0.4, -0.2) is 27.5 Å². The summed E-state index contributed by atoms with van der Waals surface area (Å²) in [7, 11) is -3.92. The number of benzene rings is 3. The van der Waals surface area contributed by atoms with Gasteiger partial charge in [0, 0.05) is 24.1 Å². The fourth-order valence-electron chi connectivity index (χ4n) is 4.25. The van der Waals surface area contributed by atoms with Crippen LogP contribution in [0.3, 0.4) is 0 Å². The Morgan fingerprint density at radius 3 is 2.72 bits per heavy atom. The van der Waals surface area contributed by atoms with Gasteiger partial charge in [0.1, 0.15) is 10.6 Å². The van der Waals surface area contributed by atoms with Crippen molar-refractivity contribution in [2.75, 3.05) is 17.5 Å². The molecular weight excluding hydrogens is 448 g/mol. The van der Waals surface area contributed by atoms with Crippen LogP contribution < -0.4 is 14.4 Å². The van der Waals surface area contributed by atoms with Crippen LogP contribution in [-0.2, 0) is 16.4 Å². The maximum Gasteiger partial charge on any atom is 0.265 e. The number of nitrogens with one attached hydrogen (secondary N) is 1. The number of hydrogen-bond donors (Lipinski definition) is 1. The van der Waals surface area contributed by atoms with E-state index < -0.39 is 10.0 Å². The van der Waals surface area contributed by atoms with E-state index in [9.17, 15) is 13.2 Å². The lowest BCUT2D eigenvalue weighted by Gasteiger charge is -2.26. The quantitative estimate of drug-likeness (QED) is 0.617. The molecule has 0 saturated heterocycles. The Labute approximate surface area is 191 Å². The summed E-state index contributed by atoms with van der Waals surface area (Å²) in [6, 6.07) is 19.1. The number of ether oxygens (including phenoxy) is 1. The van der Waals surface area contributed by atoms with Crippen molar-refractivity contribution in [1.29, 1.82) is 0 Å². The van der Waals surface area contributed by atoms with Crippen LogP contribution >= 0.6 is 11.6 Å². The Kier molecular flexibility index (Phi) is 5.31. The Balaban J connectivity index is 1.44. The van der Waals surface area contributed by atoms with Gasteiger partial charge in [-0.1, -0.05) is 48.0 Å². The number of nitrogens with zero attached hydrogens (tertiary/aromatic N) is 1. The van der Waals surface area contributed by atoms with Gasteiger partial charge in [-0.15, -0.1) is 0 Å². The van der Waals surface area contributed by atoms with Gasteiger partial charge in [-0.2, -0.15) is 0 Å². The smallest absolute Gasteiger partial charge is 0.265 e. The van der Waals surface area contributed by atoms with Crippen molar-refractivity contribution in [2.24, 2.45) is 0 Å². The van der Waals surface area contributed by atoms with Crippen molar-refractivity contribution in [3.63, 3.8) is 0 Å². The van der Waals surface area contributed by atoms with Crippen LogP contribution in [0.4, 0.5) is 5.69 Å². The Morgan fingerprint density at radius 2 is 1.84 bits per heavy atom. The van der Waals surface area contributed by atoms with E-state index in [-0.39, 0.29) is 27.4 Å². The number of sulfonamides is 1. The predicted octanol–water partition coefficient (Wildman–Crippen LogP) is 4.35. The van der Waals surface area contributed by atoms with Crippen molar-refractivity contribution in [2.45, 2.75) is 23.8 Å². The monoisotopic (exact) mass is 468 g/mol. The minimum Gasteiger partial charge on any atom is -0.493 e. The van der Waals surface area contributed by atoms with Gasteiger partial charge in [0.25, 0.3) is 15.9 Å². The minimum atomic E-state index is -3.92. The number of fused-ring (bicyclic) bond motifs is 2. The van der Waals surface area contributed by atoms with Crippen molar-refractivity contribution in [3.05, 3.63) is 88.4 Å². The lowest BCUT2D eigenvalue weighted by atomic mass is 10.00. The zero-order valence-corrected chi connectivity index (χ0v) is 18.7. The van der Waals surface area contributed by atoms with Gasteiger partial charge in [-0.3, -0.25) is 9.10 Å². The van der Waals surface area contributed by atoms with Crippen LogP contribution in [0.5, 0.6) is 5.75 Å². The molecule has 8 heteroatoms. The lowest BCUT2D eigenvalue weighted by molar-refractivity contribution is 0.0924. The molecule has 3 aromatic carbocycles. The van der Waals surface area contributed by atoms with Crippen molar-refractivity contribution in [3.8, 4) is 5.75 Å². The van der Waals surface area contributed by atoms with Gasteiger partial charge >= 0.3 is 0 Å². The number of anilines is 1. The first-order chi connectivity index (χ1) is 15.4. The lowest BCUT2D eigenvalue weighted by Crippen LogP contribution is -2.33. The molecule has 1 amide bonds. The molecule has 0 bridgehead atoms. The molecule has 0 radical (unpaired) electrons. The third-order valence-corrected chi connectivity index (χ3v) is 8.16. The zero-order chi connectivity index (χ0) is 22.3. The number of halogens is 1. The molecule has 0 aliphatic carbocycles. The third-order valence-electron chi connectivity index (χ3n) is 5.87. The number of carbonyl (C=O) groups is 1. The van der Waals surface area contributed by atoms with Crippen LogP contribution in [0.1, 0.15) is 33.9 Å². The molecule has 1 unspecified atom stereocenters. The van der Waals surface area contributed by atoms with E-state index in [1.165, 1.54) is 16.4 Å². The average Bonchev–Trinajstić information content (AvgIpc) is 3.24. The van der Waals surface area contributed by atoms with Crippen molar-refractivity contribution in [1.82, 2.24) is 5.32 Å². The maximum absolute atomic E-state index is 13.4. The minimum absolute atomic E-state index is 0.0732. The highest BCUT2D eigenvalue weighted by Gasteiger charge is 2.33. The van der Waals surface area contributed by atoms with E-state index >= 15 is 0 Å². The van der Waals surface area contributed by atoms with Gasteiger partial charge in [-0.05, 0) is 42.3 Å². The molecule has 2 aliphatic heterocycles. The molecule has 2 aliphatic rings. The second kappa shape index (κ2) is 8.15. The van der Waals surface area contributed by atoms with Crippen LogP contribution in [0, 0.1) is 0 Å². The number of carbonyl (C=O) groups excluding carboxylic acids is 1. The normalized spacial score (nSPS) is 17.3. The Morgan fingerprint density at radius 1 is 1.06 bits per heavy atom. The third kappa shape index (κ3) is 3.61. The summed E-state index contributed by atoms with van der Waals surface area (Å²) < 4.78 is 33.9. The largest absolute Gasteiger partial charge is 0.493 e. The summed E-state index contributed by atoms with van der Waals surface area (Å²) >= 11 is 6.30. The van der Waals surface area contributed by atoms with E-state index in [0.29, 0.717) is 31.7 Å². The summed E-state index contributed by atoms with van der Waals surface area (Å²) in [5, 5.41) is 3.09. The number of rotatable bonds is 4. The molecule has 32 heavy (non-hydrogen) atoms. The highest BCUT2D eigenvalue weighted by molar-refractivity contribution is 7.93. The summed E-state index contributed by atoms with van der Waals surface area (Å²) in [4.78, 5) is 13.0. The molecule has 0 fully saturated rings. The molecule has 0 saturated carbocycles. The fraction of sp³-hybridized carbons (Fsp3) is 0.208. The number of para-hydroxylation sites is 2. The molecule has 2 heterocycles. The predicted molar refractivity (Wildman–Crippen MR) is 123 cm³/mol. The Bertz CT molecular complexity index is 1310. The van der Waals surface area contributed by atoms with E-state index in [1.807, 2.05) is 42.5 Å². The van der Waals surface area contributed by atoms with Crippen molar-refractivity contribution < 1.29 is 17.9 Å². The molecule has 0 aromatic heterocycles.